The van der Waals surface area contributed by atoms with Crippen molar-refractivity contribution >= 4 is 11.9 Å². The van der Waals surface area contributed by atoms with Crippen LogP contribution in [0.25, 0.3) is 0 Å². The summed E-state index contributed by atoms with van der Waals surface area (Å²) in [5.74, 6) is -1.93. The number of carbonyl (C=O) groups is 2. The first-order valence-electron chi connectivity index (χ1n) is 9.17. The van der Waals surface area contributed by atoms with Crippen molar-refractivity contribution < 1.29 is 29.6 Å². The van der Waals surface area contributed by atoms with Gasteiger partial charge in [-0.1, -0.05) is 6.92 Å². The second kappa shape index (κ2) is 8.49. The lowest BCUT2D eigenvalue weighted by atomic mass is 9.67. The predicted octanol–water partition coefficient (Wildman–Crippen LogP) is 3.17. The van der Waals surface area contributed by atoms with Gasteiger partial charge in [0.25, 0.3) is 0 Å². The number of ether oxygens (including phenoxy) is 1. The molecule has 0 unspecified atom stereocenters. The van der Waals surface area contributed by atoms with Crippen molar-refractivity contribution in [3.8, 4) is 0 Å². The van der Waals surface area contributed by atoms with E-state index in [2.05, 4.69) is 0 Å². The molecule has 6 heteroatoms. The summed E-state index contributed by atoms with van der Waals surface area (Å²) in [6.45, 7) is 9.28. The molecule has 0 spiro atoms. The summed E-state index contributed by atoms with van der Waals surface area (Å²) in [5, 5.41) is 29.4. The Labute approximate surface area is 150 Å². The van der Waals surface area contributed by atoms with E-state index in [1.54, 1.807) is 27.7 Å². The first-order valence-corrected chi connectivity index (χ1v) is 9.17. The van der Waals surface area contributed by atoms with Gasteiger partial charge >= 0.3 is 11.9 Å². The minimum atomic E-state index is -0.938. The fraction of sp³-hybridized carbons (Fsp3) is 0.895. The van der Waals surface area contributed by atoms with Crippen LogP contribution in [0.2, 0.25) is 0 Å². The van der Waals surface area contributed by atoms with E-state index in [1.165, 1.54) is 0 Å². The van der Waals surface area contributed by atoms with Crippen LogP contribution in [0.4, 0.5) is 0 Å². The van der Waals surface area contributed by atoms with Crippen LogP contribution in [0.15, 0.2) is 0 Å². The molecular formula is C19H34O6. The van der Waals surface area contributed by atoms with Crippen molar-refractivity contribution in [1.29, 1.82) is 0 Å². The number of hydrogen-bond donors (Lipinski definition) is 3. The van der Waals surface area contributed by atoms with E-state index >= 15 is 0 Å². The first-order chi connectivity index (χ1) is 11.4. The minimum Gasteiger partial charge on any atom is -0.481 e. The van der Waals surface area contributed by atoms with Crippen LogP contribution in [0.1, 0.15) is 66.7 Å². The molecule has 0 aromatic carbocycles. The molecular weight excluding hydrogens is 324 g/mol. The molecule has 0 aromatic heterocycles. The number of aliphatic hydroxyl groups is 1. The second-order valence-corrected chi connectivity index (χ2v) is 8.76. The molecule has 1 fully saturated rings. The van der Waals surface area contributed by atoms with Crippen LogP contribution in [-0.2, 0) is 14.3 Å². The van der Waals surface area contributed by atoms with Crippen molar-refractivity contribution in [2.24, 2.45) is 22.7 Å². The summed E-state index contributed by atoms with van der Waals surface area (Å²) in [7, 11) is 0. The molecule has 4 atom stereocenters. The summed E-state index contributed by atoms with van der Waals surface area (Å²) in [5.41, 5.74) is -1.79. The van der Waals surface area contributed by atoms with E-state index in [1.807, 2.05) is 6.92 Å². The van der Waals surface area contributed by atoms with Gasteiger partial charge in [-0.2, -0.15) is 0 Å². The molecule has 146 valence electrons. The molecule has 6 nitrogen and oxygen atoms in total. The second-order valence-electron chi connectivity index (χ2n) is 8.76. The lowest BCUT2D eigenvalue weighted by molar-refractivity contribution is -0.154. The van der Waals surface area contributed by atoms with Crippen LogP contribution in [0, 0.1) is 22.7 Å². The molecule has 1 saturated carbocycles. The van der Waals surface area contributed by atoms with Crippen LogP contribution in [0.5, 0.6) is 0 Å². The van der Waals surface area contributed by atoms with Gasteiger partial charge in [0.1, 0.15) is 0 Å². The van der Waals surface area contributed by atoms with Gasteiger partial charge in [0, 0.05) is 12.5 Å². The zero-order chi connectivity index (χ0) is 19.4. The van der Waals surface area contributed by atoms with Crippen molar-refractivity contribution in [3.05, 3.63) is 0 Å². The first kappa shape index (κ1) is 21.9. The van der Waals surface area contributed by atoms with E-state index in [4.69, 9.17) is 4.74 Å². The zero-order valence-corrected chi connectivity index (χ0v) is 16.1. The Morgan fingerprint density at radius 3 is 2.00 bits per heavy atom. The van der Waals surface area contributed by atoms with E-state index < -0.39 is 28.9 Å². The third kappa shape index (κ3) is 5.96. The van der Waals surface area contributed by atoms with Gasteiger partial charge in [-0.15, -0.1) is 0 Å². The topological polar surface area (TPSA) is 104 Å². The van der Waals surface area contributed by atoms with Crippen LogP contribution in [0.3, 0.4) is 0 Å². The molecule has 1 aliphatic carbocycles. The smallest absolute Gasteiger partial charge is 0.309 e. The average Bonchev–Trinajstić information content (AvgIpc) is 2.47. The molecule has 25 heavy (non-hydrogen) atoms. The SMILES string of the molecule is CCCO[C@H]1C[C@@H](CC(C)(C)C(=O)O)C[C@@H](O)[C@H]1CC(C)(C)C(=O)O. The highest BCUT2D eigenvalue weighted by Gasteiger charge is 2.44. The Balaban J connectivity index is 2.90. The molecule has 1 rings (SSSR count). The van der Waals surface area contributed by atoms with Gasteiger partial charge in [-0.05, 0) is 65.7 Å². The molecule has 0 aliphatic heterocycles. The molecule has 0 heterocycles. The summed E-state index contributed by atoms with van der Waals surface area (Å²) in [4.78, 5) is 22.9. The quantitative estimate of drug-likeness (QED) is 0.585. The number of aliphatic carboxylic acids is 2. The third-order valence-electron chi connectivity index (χ3n) is 5.35. The highest BCUT2D eigenvalue weighted by Crippen LogP contribution is 2.42. The number of aliphatic hydroxyl groups excluding tert-OH is 1. The van der Waals surface area contributed by atoms with Gasteiger partial charge in [-0.3, -0.25) is 9.59 Å². The highest BCUT2D eigenvalue weighted by molar-refractivity contribution is 5.74. The number of rotatable bonds is 9. The van der Waals surface area contributed by atoms with Gasteiger partial charge in [0.15, 0.2) is 0 Å². The van der Waals surface area contributed by atoms with Gasteiger partial charge in [0.2, 0.25) is 0 Å². The van der Waals surface area contributed by atoms with Crippen molar-refractivity contribution in [1.82, 2.24) is 0 Å². The molecule has 0 radical (unpaired) electrons. The predicted molar refractivity (Wildman–Crippen MR) is 94.3 cm³/mol. The van der Waals surface area contributed by atoms with Crippen LogP contribution >= 0.6 is 0 Å². The largest absolute Gasteiger partial charge is 0.481 e. The fourth-order valence-corrected chi connectivity index (χ4v) is 3.74. The Bertz CT molecular complexity index is 471. The number of carboxylic acids is 2. The Morgan fingerprint density at radius 1 is 1.00 bits per heavy atom. The standard InChI is InChI=1S/C19H34O6/c1-6-7-25-15-9-12(10-18(2,3)16(21)22)8-14(20)13(15)11-19(4,5)17(23)24/h12-15,20H,6-11H2,1-5H3,(H,21,22)(H,23,24)/t12-,13+,14+,15-/m0/s1. The zero-order valence-electron chi connectivity index (χ0n) is 16.1. The summed E-state index contributed by atoms with van der Waals surface area (Å²) in [6, 6.07) is 0. The van der Waals surface area contributed by atoms with Crippen LogP contribution < -0.4 is 0 Å². The Kier molecular flexibility index (Phi) is 7.44. The Hall–Kier alpha value is -1.14. The van der Waals surface area contributed by atoms with E-state index in [-0.39, 0.29) is 17.9 Å². The number of carboxylic acid groups (broad SMARTS) is 2. The normalized spacial score (nSPS) is 27.9. The molecule has 3 N–H and O–H groups in total. The van der Waals surface area contributed by atoms with Crippen molar-refractivity contribution in [3.63, 3.8) is 0 Å². The summed E-state index contributed by atoms with van der Waals surface area (Å²) < 4.78 is 5.95. The average molecular weight is 358 g/mol. The maximum Gasteiger partial charge on any atom is 0.309 e. The maximum atomic E-state index is 11.5. The van der Waals surface area contributed by atoms with Gasteiger partial charge in [-0.25, -0.2) is 0 Å². The fourth-order valence-electron chi connectivity index (χ4n) is 3.74. The maximum absolute atomic E-state index is 11.5. The minimum absolute atomic E-state index is 0.0483. The molecule has 0 amide bonds. The molecule has 1 aliphatic rings. The highest BCUT2D eigenvalue weighted by atomic mass is 16.5. The molecule has 0 aromatic rings. The Morgan fingerprint density at radius 2 is 1.52 bits per heavy atom. The lowest BCUT2D eigenvalue weighted by Gasteiger charge is -2.43. The van der Waals surface area contributed by atoms with E-state index in [9.17, 15) is 24.9 Å². The summed E-state index contributed by atoms with van der Waals surface area (Å²) >= 11 is 0. The molecule has 0 bridgehead atoms. The van der Waals surface area contributed by atoms with Gasteiger partial charge < -0.3 is 20.1 Å². The van der Waals surface area contributed by atoms with E-state index in [0.717, 1.165) is 6.42 Å². The molecule has 0 saturated heterocycles. The van der Waals surface area contributed by atoms with Crippen molar-refractivity contribution in [2.75, 3.05) is 6.61 Å². The van der Waals surface area contributed by atoms with Gasteiger partial charge in [0.05, 0.1) is 23.0 Å². The summed E-state index contributed by atoms with van der Waals surface area (Å²) in [6.07, 6.45) is 1.89. The monoisotopic (exact) mass is 358 g/mol. The third-order valence-corrected chi connectivity index (χ3v) is 5.35. The number of hydrogen-bond acceptors (Lipinski definition) is 4. The van der Waals surface area contributed by atoms with E-state index in [0.29, 0.717) is 32.3 Å². The van der Waals surface area contributed by atoms with Crippen molar-refractivity contribution in [2.45, 2.75) is 78.9 Å². The lowest BCUT2D eigenvalue weighted by Crippen LogP contribution is -2.46. The van der Waals surface area contributed by atoms with Crippen LogP contribution in [-0.4, -0.2) is 46.1 Å².